The molecule has 5 nitrogen and oxygen atoms in total. The summed E-state index contributed by atoms with van der Waals surface area (Å²) in [6.07, 6.45) is 0. The van der Waals surface area contributed by atoms with E-state index >= 15 is 0 Å². The van der Waals surface area contributed by atoms with Crippen LogP contribution in [0.5, 0.6) is 5.75 Å². The van der Waals surface area contributed by atoms with Crippen LogP contribution in [-0.4, -0.2) is 15.5 Å². The highest BCUT2D eigenvalue weighted by Gasteiger charge is 2.11. The maximum atomic E-state index is 5.82. The van der Waals surface area contributed by atoms with E-state index in [-0.39, 0.29) is 5.54 Å². The average molecular weight is 362 g/mol. The molecule has 0 saturated carbocycles. The molecule has 1 heterocycles. The molecule has 1 aromatic heterocycles. The summed E-state index contributed by atoms with van der Waals surface area (Å²) in [7, 11) is 0. The number of nitrogens with zero attached hydrogens (tertiary/aromatic N) is 2. The van der Waals surface area contributed by atoms with E-state index in [1.807, 2.05) is 67.6 Å². The van der Waals surface area contributed by atoms with Gasteiger partial charge in [-0.2, -0.15) is 4.98 Å². The Balaban J connectivity index is 1.64. The van der Waals surface area contributed by atoms with Crippen LogP contribution in [0.3, 0.4) is 0 Å². The van der Waals surface area contributed by atoms with Crippen molar-refractivity contribution in [3.8, 4) is 5.75 Å². The van der Waals surface area contributed by atoms with Gasteiger partial charge in [0, 0.05) is 23.0 Å². The minimum Gasteiger partial charge on any atom is -0.489 e. The Morgan fingerprint density at radius 1 is 0.926 bits per heavy atom. The summed E-state index contributed by atoms with van der Waals surface area (Å²) < 4.78 is 5.82. The average Bonchev–Trinajstić information content (AvgIpc) is 2.60. The summed E-state index contributed by atoms with van der Waals surface area (Å²) in [4.78, 5) is 9.01. The summed E-state index contributed by atoms with van der Waals surface area (Å²) in [6.45, 7) is 8.82. The molecule has 0 amide bonds. The van der Waals surface area contributed by atoms with Gasteiger partial charge >= 0.3 is 0 Å². The third kappa shape index (κ3) is 5.99. The lowest BCUT2D eigenvalue weighted by Crippen LogP contribution is -2.27. The fourth-order valence-corrected chi connectivity index (χ4v) is 2.58. The van der Waals surface area contributed by atoms with Gasteiger partial charge in [-0.15, -0.1) is 0 Å². The number of hydrogen-bond acceptors (Lipinski definition) is 5. The fourth-order valence-electron chi connectivity index (χ4n) is 2.58. The largest absolute Gasteiger partial charge is 0.489 e. The molecule has 0 atom stereocenters. The van der Waals surface area contributed by atoms with Crippen molar-refractivity contribution in [3.63, 3.8) is 0 Å². The van der Waals surface area contributed by atoms with Gasteiger partial charge in [0.1, 0.15) is 18.2 Å². The number of hydrogen-bond donors (Lipinski definition) is 2. The molecule has 27 heavy (non-hydrogen) atoms. The van der Waals surface area contributed by atoms with Crippen LogP contribution in [0.2, 0.25) is 0 Å². The molecule has 3 aromatic rings. The lowest BCUT2D eigenvalue weighted by Gasteiger charge is -2.21. The summed E-state index contributed by atoms with van der Waals surface area (Å²) in [5.41, 5.74) is 2.90. The number of aryl methyl sites for hydroxylation is 1. The van der Waals surface area contributed by atoms with E-state index in [1.165, 1.54) is 0 Å². The Labute approximate surface area is 160 Å². The predicted octanol–water partition coefficient (Wildman–Crippen LogP) is 5.32. The summed E-state index contributed by atoms with van der Waals surface area (Å²) in [5, 5.41) is 6.63. The molecule has 2 N–H and O–H groups in total. The van der Waals surface area contributed by atoms with E-state index in [2.05, 4.69) is 41.4 Å². The molecule has 0 saturated heterocycles. The lowest BCUT2D eigenvalue weighted by atomic mass is 10.1. The standard InChI is InChI=1S/C22H26N4O/c1-16-14-20(26-22(2,3)4)25-21(23-16)24-18-10-12-19(13-11-18)27-15-17-8-6-5-7-9-17/h5-14H,15H2,1-4H3,(H2,23,24,25,26). The van der Waals surface area contributed by atoms with Gasteiger partial charge in [-0.3, -0.25) is 0 Å². The zero-order valence-electron chi connectivity index (χ0n) is 16.3. The molecule has 5 heteroatoms. The minimum atomic E-state index is -0.0597. The van der Waals surface area contributed by atoms with Crippen molar-refractivity contribution in [1.29, 1.82) is 0 Å². The minimum absolute atomic E-state index is 0.0597. The highest BCUT2D eigenvalue weighted by Crippen LogP contribution is 2.21. The van der Waals surface area contributed by atoms with E-state index in [1.54, 1.807) is 0 Å². The molecule has 0 unspecified atom stereocenters. The van der Waals surface area contributed by atoms with Gasteiger partial charge < -0.3 is 15.4 Å². The van der Waals surface area contributed by atoms with E-state index in [9.17, 15) is 0 Å². The molecule has 3 rings (SSSR count). The highest BCUT2D eigenvalue weighted by molar-refractivity contribution is 5.56. The first-order valence-electron chi connectivity index (χ1n) is 9.05. The van der Waals surface area contributed by atoms with E-state index in [0.717, 1.165) is 28.5 Å². The summed E-state index contributed by atoms with van der Waals surface area (Å²) in [6, 6.07) is 19.9. The summed E-state index contributed by atoms with van der Waals surface area (Å²) >= 11 is 0. The Bertz CT molecular complexity index is 871. The van der Waals surface area contributed by atoms with Gasteiger partial charge in [-0.05, 0) is 57.5 Å². The van der Waals surface area contributed by atoms with E-state index < -0.39 is 0 Å². The first kappa shape index (κ1) is 18.7. The third-order valence-electron chi connectivity index (χ3n) is 3.72. The highest BCUT2D eigenvalue weighted by atomic mass is 16.5. The Morgan fingerprint density at radius 3 is 2.30 bits per heavy atom. The van der Waals surface area contributed by atoms with Crippen molar-refractivity contribution >= 4 is 17.5 Å². The Morgan fingerprint density at radius 2 is 1.63 bits per heavy atom. The normalized spacial score (nSPS) is 11.1. The van der Waals surface area contributed by atoms with Gasteiger partial charge in [0.2, 0.25) is 5.95 Å². The maximum absolute atomic E-state index is 5.82. The SMILES string of the molecule is Cc1cc(NC(C)(C)C)nc(Nc2ccc(OCc3ccccc3)cc2)n1. The predicted molar refractivity (Wildman–Crippen MR) is 111 cm³/mol. The van der Waals surface area contributed by atoms with Crippen molar-refractivity contribution in [3.05, 3.63) is 71.9 Å². The van der Waals surface area contributed by atoms with Crippen LogP contribution in [0.1, 0.15) is 32.0 Å². The van der Waals surface area contributed by atoms with Crippen LogP contribution in [0.4, 0.5) is 17.5 Å². The van der Waals surface area contributed by atoms with Crippen LogP contribution in [0.25, 0.3) is 0 Å². The molecule has 0 aliphatic carbocycles. The van der Waals surface area contributed by atoms with Crippen LogP contribution in [0, 0.1) is 6.92 Å². The van der Waals surface area contributed by atoms with Crippen molar-refractivity contribution in [2.75, 3.05) is 10.6 Å². The van der Waals surface area contributed by atoms with E-state index in [4.69, 9.17) is 4.74 Å². The van der Waals surface area contributed by atoms with E-state index in [0.29, 0.717) is 12.6 Å². The molecule has 0 bridgehead atoms. The van der Waals surface area contributed by atoms with Gasteiger partial charge in [0.15, 0.2) is 0 Å². The number of ether oxygens (including phenoxy) is 1. The molecule has 0 fully saturated rings. The van der Waals surface area contributed by atoms with Crippen molar-refractivity contribution < 1.29 is 4.74 Å². The van der Waals surface area contributed by atoms with Crippen LogP contribution in [0.15, 0.2) is 60.7 Å². The second-order valence-electron chi connectivity index (χ2n) is 7.52. The van der Waals surface area contributed by atoms with Gasteiger partial charge in [0.05, 0.1) is 0 Å². The van der Waals surface area contributed by atoms with Gasteiger partial charge in [-0.1, -0.05) is 30.3 Å². The molecular formula is C22H26N4O. The molecule has 2 aromatic carbocycles. The molecule has 0 aliphatic rings. The van der Waals surface area contributed by atoms with Crippen LogP contribution >= 0.6 is 0 Å². The summed E-state index contributed by atoms with van der Waals surface area (Å²) in [5.74, 6) is 2.20. The fraction of sp³-hybridized carbons (Fsp3) is 0.273. The zero-order valence-corrected chi connectivity index (χ0v) is 16.3. The van der Waals surface area contributed by atoms with Gasteiger partial charge in [0.25, 0.3) is 0 Å². The van der Waals surface area contributed by atoms with Crippen molar-refractivity contribution in [2.24, 2.45) is 0 Å². The number of nitrogens with one attached hydrogen (secondary N) is 2. The number of aromatic nitrogens is 2. The first-order chi connectivity index (χ1) is 12.9. The third-order valence-corrected chi connectivity index (χ3v) is 3.72. The smallest absolute Gasteiger partial charge is 0.229 e. The van der Waals surface area contributed by atoms with Crippen LogP contribution < -0.4 is 15.4 Å². The molecule has 140 valence electrons. The number of rotatable bonds is 6. The number of benzene rings is 2. The maximum Gasteiger partial charge on any atom is 0.229 e. The molecule has 0 spiro atoms. The monoisotopic (exact) mass is 362 g/mol. The van der Waals surface area contributed by atoms with Gasteiger partial charge in [-0.25, -0.2) is 4.98 Å². The van der Waals surface area contributed by atoms with Crippen LogP contribution in [-0.2, 0) is 6.61 Å². The molecule has 0 aliphatic heterocycles. The van der Waals surface area contributed by atoms with Crippen molar-refractivity contribution in [1.82, 2.24) is 9.97 Å². The van der Waals surface area contributed by atoms with Crippen molar-refractivity contribution in [2.45, 2.75) is 39.8 Å². The Kier molecular flexibility index (Phi) is 5.60. The Hall–Kier alpha value is -3.08. The quantitative estimate of drug-likeness (QED) is 0.622. The zero-order chi connectivity index (χ0) is 19.3. The first-order valence-corrected chi connectivity index (χ1v) is 9.05. The second kappa shape index (κ2) is 8.08. The lowest BCUT2D eigenvalue weighted by molar-refractivity contribution is 0.306. The topological polar surface area (TPSA) is 59.1 Å². The second-order valence-corrected chi connectivity index (χ2v) is 7.52. The molecular weight excluding hydrogens is 336 g/mol. The number of anilines is 3. The molecule has 0 radical (unpaired) electrons.